The summed E-state index contributed by atoms with van der Waals surface area (Å²) < 4.78 is 17.1. The number of ether oxygens (including phenoxy) is 3. The number of carbonyl (C=O) groups excluding carboxylic acids is 1. The number of halogens is 1. The van der Waals surface area contributed by atoms with Crippen LogP contribution in [0.2, 0.25) is 5.02 Å². The molecular formula is C34H39ClN2O6S. The number of anilines is 1. The number of thioether (sulfide) groups is 1. The van der Waals surface area contributed by atoms with Crippen LogP contribution in [0.1, 0.15) is 53.6 Å². The van der Waals surface area contributed by atoms with Crippen molar-refractivity contribution >= 4 is 40.9 Å². The Bertz CT molecular complexity index is 1490. The van der Waals surface area contributed by atoms with Crippen LogP contribution < -0.4 is 19.5 Å². The van der Waals surface area contributed by atoms with Gasteiger partial charge in [0.25, 0.3) is 0 Å². The Morgan fingerprint density at radius 2 is 1.80 bits per heavy atom. The number of hydrogen-bond donors (Lipinski definition) is 2. The second-order valence-corrected chi connectivity index (χ2v) is 12.5. The molecule has 10 heteroatoms. The molecular weight excluding hydrogens is 600 g/mol. The summed E-state index contributed by atoms with van der Waals surface area (Å²) in [6.45, 7) is 7.12. The second kappa shape index (κ2) is 14.1. The fourth-order valence-electron chi connectivity index (χ4n) is 6.45. The van der Waals surface area contributed by atoms with E-state index < -0.39 is 17.9 Å². The zero-order chi connectivity index (χ0) is 31.4. The SMILES string of the molecule is CCc1cc(Cl)cc(CC)c1NC(=O)CN1C[C@H](c2ccc3c(c2C)OCO3)[C@@H](C(=O)O)[C@@H]1c1ccc(OCCSC)cc1. The highest BCUT2D eigenvalue weighted by Gasteiger charge is 2.48. The molecule has 1 saturated heterocycles. The van der Waals surface area contributed by atoms with Gasteiger partial charge in [-0.05, 0) is 84.2 Å². The van der Waals surface area contributed by atoms with E-state index >= 15 is 0 Å². The van der Waals surface area contributed by atoms with Gasteiger partial charge in [-0.3, -0.25) is 14.5 Å². The molecule has 3 atom stereocenters. The molecule has 2 heterocycles. The zero-order valence-electron chi connectivity index (χ0n) is 25.5. The van der Waals surface area contributed by atoms with Crippen molar-refractivity contribution in [3.8, 4) is 17.2 Å². The van der Waals surface area contributed by atoms with Crippen molar-refractivity contribution in [3.05, 3.63) is 81.4 Å². The van der Waals surface area contributed by atoms with Gasteiger partial charge in [0.05, 0.1) is 19.1 Å². The van der Waals surface area contributed by atoms with Crippen molar-refractivity contribution in [1.82, 2.24) is 4.90 Å². The van der Waals surface area contributed by atoms with Crippen LogP contribution in [0.5, 0.6) is 17.2 Å². The van der Waals surface area contributed by atoms with E-state index in [0.717, 1.165) is 45.0 Å². The first kappa shape index (κ1) is 32.0. The van der Waals surface area contributed by atoms with Crippen molar-refractivity contribution in [3.63, 3.8) is 0 Å². The zero-order valence-corrected chi connectivity index (χ0v) is 27.1. The molecule has 8 nitrogen and oxygen atoms in total. The highest BCUT2D eigenvalue weighted by Crippen LogP contribution is 2.49. The van der Waals surface area contributed by atoms with Crippen molar-refractivity contribution < 1.29 is 28.9 Å². The second-order valence-electron chi connectivity index (χ2n) is 11.1. The van der Waals surface area contributed by atoms with Gasteiger partial charge in [0.15, 0.2) is 11.5 Å². The smallest absolute Gasteiger partial charge is 0.309 e. The van der Waals surface area contributed by atoms with Gasteiger partial charge in [-0.2, -0.15) is 11.8 Å². The molecule has 3 aromatic rings. The molecule has 2 N–H and O–H groups in total. The molecule has 44 heavy (non-hydrogen) atoms. The van der Waals surface area contributed by atoms with Gasteiger partial charge in [0.2, 0.25) is 12.7 Å². The lowest BCUT2D eigenvalue weighted by Crippen LogP contribution is -2.35. The Hall–Kier alpha value is -3.40. The Morgan fingerprint density at radius 1 is 1.09 bits per heavy atom. The molecule has 0 aliphatic carbocycles. The summed E-state index contributed by atoms with van der Waals surface area (Å²) in [5, 5.41) is 14.5. The quantitative estimate of drug-likeness (QED) is 0.211. The van der Waals surface area contributed by atoms with Crippen LogP contribution in [0.15, 0.2) is 48.5 Å². The summed E-state index contributed by atoms with van der Waals surface area (Å²) in [5.74, 6) is 0.587. The number of hydrogen-bond acceptors (Lipinski definition) is 7. The van der Waals surface area contributed by atoms with Crippen LogP contribution in [0.3, 0.4) is 0 Å². The van der Waals surface area contributed by atoms with Crippen LogP contribution >= 0.6 is 23.4 Å². The van der Waals surface area contributed by atoms with Crippen LogP contribution in [0, 0.1) is 12.8 Å². The minimum absolute atomic E-state index is 0.0233. The van der Waals surface area contributed by atoms with E-state index in [4.69, 9.17) is 25.8 Å². The Morgan fingerprint density at radius 3 is 2.43 bits per heavy atom. The van der Waals surface area contributed by atoms with Gasteiger partial charge < -0.3 is 24.6 Å². The third-order valence-electron chi connectivity index (χ3n) is 8.53. The largest absolute Gasteiger partial charge is 0.493 e. The first-order chi connectivity index (χ1) is 21.2. The number of nitrogens with one attached hydrogen (secondary N) is 1. The summed E-state index contributed by atoms with van der Waals surface area (Å²) >= 11 is 8.06. The molecule has 0 saturated carbocycles. The third kappa shape index (κ3) is 6.65. The van der Waals surface area contributed by atoms with Crippen molar-refractivity contribution in [2.24, 2.45) is 5.92 Å². The standard InChI is InChI=1S/C34H39ClN2O6S/c1-5-21-15-24(35)16-22(6-2)31(21)36-29(38)18-37-17-27(26-11-12-28-33(20(26)3)43-19-42-28)30(34(39)40)32(37)23-7-9-25(10-8-23)41-13-14-44-4/h7-12,15-16,27,30,32H,5-6,13-14,17-19H2,1-4H3,(H,36,38)(H,39,40)/t27-,30-,32+/m1/s1. The Labute approximate surface area is 268 Å². The van der Waals surface area contributed by atoms with Crippen LogP contribution in [0.4, 0.5) is 5.69 Å². The number of aliphatic carboxylic acids is 1. The summed E-state index contributed by atoms with van der Waals surface area (Å²) in [4.78, 5) is 28.8. The van der Waals surface area contributed by atoms with E-state index in [1.165, 1.54) is 0 Å². The van der Waals surface area contributed by atoms with E-state index in [9.17, 15) is 14.7 Å². The van der Waals surface area contributed by atoms with Gasteiger partial charge in [-0.1, -0.05) is 43.6 Å². The highest BCUT2D eigenvalue weighted by molar-refractivity contribution is 7.98. The number of benzene rings is 3. The first-order valence-corrected chi connectivity index (χ1v) is 16.7. The van der Waals surface area contributed by atoms with Gasteiger partial charge in [-0.25, -0.2) is 0 Å². The molecule has 0 aromatic heterocycles. The topological polar surface area (TPSA) is 97.3 Å². The third-order valence-corrected chi connectivity index (χ3v) is 9.32. The number of nitrogens with zero attached hydrogens (tertiary/aromatic N) is 1. The Balaban J connectivity index is 1.49. The van der Waals surface area contributed by atoms with Crippen LogP contribution in [0.25, 0.3) is 0 Å². The molecule has 1 fully saturated rings. The Kier molecular flexibility index (Phi) is 10.3. The van der Waals surface area contributed by atoms with E-state index in [-0.39, 0.29) is 25.2 Å². The minimum Gasteiger partial charge on any atom is -0.493 e. The van der Waals surface area contributed by atoms with Crippen molar-refractivity contribution in [1.29, 1.82) is 0 Å². The van der Waals surface area contributed by atoms with E-state index in [1.807, 2.05) is 80.5 Å². The maximum absolute atomic E-state index is 13.7. The summed E-state index contributed by atoms with van der Waals surface area (Å²) in [6.07, 6.45) is 3.46. The molecule has 2 aliphatic rings. The molecule has 3 aromatic carbocycles. The molecule has 234 valence electrons. The predicted octanol–water partition coefficient (Wildman–Crippen LogP) is 6.72. The lowest BCUT2D eigenvalue weighted by atomic mass is 9.81. The average molecular weight is 639 g/mol. The predicted molar refractivity (Wildman–Crippen MR) is 175 cm³/mol. The average Bonchev–Trinajstić information content (AvgIpc) is 3.64. The van der Waals surface area contributed by atoms with Gasteiger partial charge in [0, 0.05) is 35.0 Å². The molecule has 1 amide bonds. The fraction of sp³-hybridized carbons (Fsp3) is 0.412. The highest BCUT2D eigenvalue weighted by atomic mass is 35.5. The van der Waals surface area contributed by atoms with Gasteiger partial charge in [-0.15, -0.1) is 0 Å². The van der Waals surface area contributed by atoms with Gasteiger partial charge in [0.1, 0.15) is 5.75 Å². The van der Waals surface area contributed by atoms with E-state index in [1.54, 1.807) is 11.8 Å². The van der Waals surface area contributed by atoms with Crippen molar-refractivity contribution in [2.45, 2.75) is 45.6 Å². The number of rotatable bonds is 12. The van der Waals surface area contributed by atoms with Crippen molar-refractivity contribution in [2.75, 3.05) is 43.8 Å². The minimum atomic E-state index is -0.917. The number of carboxylic acid groups (broad SMARTS) is 1. The number of amides is 1. The molecule has 0 unspecified atom stereocenters. The molecule has 0 bridgehead atoms. The maximum atomic E-state index is 13.7. The summed E-state index contributed by atoms with van der Waals surface area (Å²) in [5.41, 5.74) is 5.28. The fourth-order valence-corrected chi connectivity index (χ4v) is 6.96. The number of carbonyl (C=O) groups is 2. The monoisotopic (exact) mass is 638 g/mol. The summed E-state index contributed by atoms with van der Waals surface area (Å²) in [6, 6.07) is 14.6. The van der Waals surface area contributed by atoms with Crippen LogP contribution in [-0.2, 0) is 22.4 Å². The number of fused-ring (bicyclic) bond motifs is 1. The normalized spacial score (nSPS) is 19.2. The molecule has 0 spiro atoms. The number of carboxylic acids is 1. The van der Waals surface area contributed by atoms with E-state index in [0.29, 0.717) is 42.5 Å². The van der Waals surface area contributed by atoms with Gasteiger partial charge >= 0.3 is 5.97 Å². The lowest BCUT2D eigenvalue weighted by Gasteiger charge is -2.27. The molecule has 2 aliphatic heterocycles. The van der Waals surface area contributed by atoms with E-state index in [2.05, 4.69) is 5.32 Å². The maximum Gasteiger partial charge on any atom is 0.309 e. The first-order valence-electron chi connectivity index (χ1n) is 14.9. The molecule has 5 rings (SSSR count). The number of aryl methyl sites for hydroxylation is 2. The number of likely N-dealkylation sites (tertiary alicyclic amines) is 1. The lowest BCUT2D eigenvalue weighted by molar-refractivity contribution is -0.143. The van der Waals surface area contributed by atoms with Crippen LogP contribution in [-0.4, -0.2) is 60.4 Å². The summed E-state index contributed by atoms with van der Waals surface area (Å²) in [7, 11) is 0. The molecule has 0 radical (unpaired) electrons.